The van der Waals surface area contributed by atoms with E-state index < -0.39 is 0 Å². The molecule has 7 nitrogen and oxygen atoms in total. The van der Waals surface area contributed by atoms with Gasteiger partial charge in [-0.1, -0.05) is 65.9 Å². The van der Waals surface area contributed by atoms with Crippen LogP contribution in [0.2, 0.25) is 0 Å². The second kappa shape index (κ2) is 13.8. The molecule has 4 aromatic rings. The van der Waals surface area contributed by atoms with Crippen LogP contribution < -0.4 is 14.4 Å². The second-order valence-corrected chi connectivity index (χ2v) is 10.2. The first-order valence-corrected chi connectivity index (χ1v) is 13.7. The number of amides is 1. The Bertz CT molecular complexity index is 1320. The highest BCUT2D eigenvalue weighted by Gasteiger charge is 2.23. The van der Waals surface area contributed by atoms with Crippen molar-refractivity contribution in [1.29, 1.82) is 0 Å². The maximum Gasteiger partial charge on any atom is 0.233 e. The summed E-state index contributed by atoms with van der Waals surface area (Å²) < 4.78 is 17.5. The van der Waals surface area contributed by atoms with Gasteiger partial charge in [0.15, 0.2) is 5.13 Å². The van der Waals surface area contributed by atoms with E-state index in [1.165, 1.54) is 11.3 Å². The van der Waals surface area contributed by atoms with E-state index in [2.05, 4.69) is 29.2 Å². The maximum absolute atomic E-state index is 13.7. The van der Waals surface area contributed by atoms with Crippen molar-refractivity contribution in [3.8, 4) is 22.6 Å². The Morgan fingerprint density at radius 1 is 0.949 bits per heavy atom. The molecule has 2 heterocycles. The number of benzene rings is 3. The topological polar surface area (TPSA) is 64.1 Å². The highest BCUT2D eigenvalue weighted by molar-refractivity contribution is 7.22. The lowest BCUT2D eigenvalue weighted by atomic mass is 10.0. The number of rotatable bonds is 10. The number of anilines is 1. The second-order valence-electron chi connectivity index (χ2n) is 9.24. The molecule has 5 rings (SSSR count). The van der Waals surface area contributed by atoms with Gasteiger partial charge in [-0.25, -0.2) is 4.98 Å². The SMILES string of the molecule is COc1ccc(OC)c2sc(N(CCCN3CCOCC3)C(=O)Cc3ccc(-c4ccccc4)cc3)nc12.Cl. The average Bonchev–Trinajstić information content (AvgIpc) is 3.41. The first kappa shape index (κ1) is 28.8. The van der Waals surface area contributed by atoms with E-state index in [4.69, 9.17) is 19.2 Å². The van der Waals surface area contributed by atoms with Gasteiger partial charge in [-0.2, -0.15) is 0 Å². The van der Waals surface area contributed by atoms with Crippen molar-refractivity contribution in [1.82, 2.24) is 9.88 Å². The van der Waals surface area contributed by atoms with Gasteiger partial charge in [-0.05, 0) is 35.2 Å². The molecule has 1 aliphatic heterocycles. The minimum Gasteiger partial charge on any atom is -0.495 e. The number of ether oxygens (including phenoxy) is 3. The number of aromatic nitrogens is 1. The Morgan fingerprint density at radius 2 is 1.62 bits per heavy atom. The minimum atomic E-state index is 0. The third-order valence-corrected chi connectivity index (χ3v) is 7.90. The van der Waals surface area contributed by atoms with Gasteiger partial charge in [0.25, 0.3) is 0 Å². The minimum absolute atomic E-state index is 0. The highest BCUT2D eigenvalue weighted by Crippen LogP contribution is 2.40. The zero-order chi connectivity index (χ0) is 26.3. The highest BCUT2D eigenvalue weighted by atomic mass is 35.5. The summed E-state index contributed by atoms with van der Waals surface area (Å²) in [6.07, 6.45) is 1.15. The van der Waals surface area contributed by atoms with Crippen molar-refractivity contribution in [3.05, 3.63) is 72.3 Å². The fourth-order valence-electron chi connectivity index (χ4n) is 4.71. The van der Waals surface area contributed by atoms with Crippen molar-refractivity contribution in [2.45, 2.75) is 12.8 Å². The number of halogens is 1. The predicted octanol–water partition coefficient (Wildman–Crippen LogP) is 5.70. The average molecular weight is 568 g/mol. The number of fused-ring (bicyclic) bond motifs is 1. The Hall–Kier alpha value is -3.17. The summed E-state index contributed by atoms with van der Waals surface area (Å²) in [4.78, 5) is 22.8. The molecule has 3 aromatic carbocycles. The fourth-order valence-corrected chi connectivity index (χ4v) is 5.83. The van der Waals surface area contributed by atoms with Gasteiger partial charge in [0.2, 0.25) is 5.91 Å². The standard InChI is InChI=1S/C30H33N3O4S.ClH/c1-35-25-13-14-26(36-2)29-28(25)31-30(38-29)33(16-6-15-32-17-19-37-20-18-32)27(34)21-22-9-11-24(12-10-22)23-7-4-3-5-8-23;/h3-5,7-14H,6,15-21H2,1-2H3;1H. The van der Waals surface area contributed by atoms with Gasteiger partial charge >= 0.3 is 0 Å². The van der Waals surface area contributed by atoms with E-state index in [1.54, 1.807) is 14.2 Å². The lowest BCUT2D eigenvalue weighted by Gasteiger charge is -2.27. The molecule has 39 heavy (non-hydrogen) atoms. The molecular formula is C30H34ClN3O4S. The smallest absolute Gasteiger partial charge is 0.233 e. The Morgan fingerprint density at radius 3 is 2.31 bits per heavy atom. The van der Waals surface area contributed by atoms with E-state index >= 15 is 0 Å². The van der Waals surface area contributed by atoms with Crippen LogP contribution in [-0.2, 0) is 16.0 Å². The van der Waals surface area contributed by atoms with Crippen LogP contribution in [0.25, 0.3) is 21.3 Å². The molecule has 0 atom stereocenters. The van der Waals surface area contributed by atoms with Crippen molar-refractivity contribution in [3.63, 3.8) is 0 Å². The van der Waals surface area contributed by atoms with E-state index in [0.717, 1.165) is 66.4 Å². The lowest BCUT2D eigenvalue weighted by molar-refractivity contribution is -0.118. The Labute approximate surface area is 239 Å². The Kier molecular flexibility index (Phi) is 10.2. The molecule has 0 unspecified atom stereocenters. The van der Waals surface area contributed by atoms with Gasteiger partial charge in [0.05, 0.1) is 33.9 Å². The van der Waals surface area contributed by atoms with Crippen molar-refractivity contribution in [2.75, 3.05) is 58.5 Å². The lowest BCUT2D eigenvalue weighted by Crippen LogP contribution is -2.39. The monoisotopic (exact) mass is 567 g/mol. The molecule has 206 valence electrons. The summed E-state index contributed by atoms with van der Waals surface area (Å²) in [6, 6.07) is 22.2. The molecule has 1 amide bonds. The van der Waals surface area contributed by atoms with Crippen LogP contribution in [-0.4, -0.2) is 69.4 Å². The summed E-state index contributed by atoms with van der Waals surface area (Å²) in [6.45, 7) is 4.88. The number of thiazole rings is 1. The van der Waals surface area contributed by atoms with Gasteiger partial charge in [0.1, 0.15) is 21.7 Å². The quantitative estimate of drug-likeness (QED) is 0.245. The van der Waals surface area contributed by atoms with Crippen LogP contribution in [0.15, 0.2) is 66.7 Å². The van der Waals surface area contributed by atoms with Gasteiger partial charge in [0, 0.05) is 26.2 Å². The van der Waals surface area contributed by atoms with Gasteiger partial charge in [-0.15, -0.1) is 12.4 Å². The van der Waals surface area contributed by atoms with Crippen LogP contribution in [0.3, 0.4) is 0 Å². The van der Waals surface area contributed by atoms with Gasteiger partial charge < -0.3 is 14.2 Å². The molecule has 0 saturated carbocycles. The molecule has 1 fully saturated rings. The molecule has 0 bridgehead atoms. The Balaban J connectivity index is 0.00000353. The zero-order valence-corrected chi connectivity index (χ0v) is 23.9. The largest absolute Gasteiger partial charge is 0.495 e. The van der Waals surface area contributed by atoms with E-state index in [-0.39, 0.29) is 18.3 Å². The number of carbonyl (C=O) groups is 1. The number of methoxy groups -OCH3 is 2. The number of hydrogen-bond donors (Lipinski definition) is 0. The molecular weight excluding hydrogens is 534 g/mol. The molecule has 1 aliphatic rings. The van der Waals surface area contributed by atoms with E-state index in [9.17, 15) is 4.79 Å². The molecule has 1 saturated heterocycles. The summed E-state index contributed by atoms with van der Waals surface area (Å²) in [5.74, 6) is 1.42. The molecule has 0 spiro atoms. The van der Waals surface area contributed by atoms with E-state index in [0.29, 0.717) is 29.4 Å². The van der Waals surface area contributed by atoms with E-state index in [1.807, 2.05) is 47.4 Å². The van der Waals surface area contributed by atoms with Crippen LogP contribution in [0, 0.1) is 0 Å². The predicted molar refractivity (Wildman–Crippen MR) is 160 cm³/mol. The third-order valence-electron chi connectivity index (χ3n) is 6.81. The van der Waals surface area contributed by atoms with Crippen molar-refractivity contribution >= 4 is 45.0 Å². The maximum atomic E-state index is 13.7. The summed E-state index contributed by atoms with van der Waals surface area (Å²) in [5.41, 5.74) is 3.98. The molecule has 1 aromatic heterocycles. The van der Waals surface area contributed by atoms with Crippen LogP contribution in [0.4, 0.5) is 5.13 Å². The van der Waals surface area contributed by atoms with Crippen molar-refractivity contribution < 1.29 is 19.0 Å². The zero-order valence-electron chi connectivity index (χ0n) is 22.3. The summed E-state index contributed by atoms with van der Waals surface area (Å²) >= 11 is 1.47. The number of hydrogen-bond acceptors (Lipinski definition) is 7. The first-order chi connectivity index (χ1) is 18.7. The molecule has 9 heteroatoms. The molecule has 0 N–H and O–H groups in total. The number of carbonyl (C=O) groups excluding carboxylic acids is 1. The molecule has 0 aliphatic carbocycles. The fraction of sp³-hybridized carbons (Fsp3) is 0.333. The normalized spacial score (nSPS) is 13.6. The summed E-state index contributed by atoms with van der Waals surface area (Å²) in [7, 11) is 3.27. The third kappa shape index (κ3) is 6.89. The first-order valence-electron chi connectivity index (χ1n) is 12.9. The number of morpholine rings is 1. The van der Waals surface area contributed by atoms with Crippen LogP contribution >= 0.6 is 23.7 Å². The van der Waals surface area contributed by atoms with Crippen molar-refractivity contribution in [2.24, 2.45) is 0 Å². The van der Waals surface area contributed by atoms with Gasteiger partial charge in [-0.3, -0.25) is 14.6 Å². The summed E-state index contributed by atoms with van der Waals surface area (Å²) in [5, 5.41) is 0.663. The van der Waals surface area contributed by atoms with Crippen LogP contribution in [0.5, 0.6) is 11.5 Å². The molecule has 0 radical (unpaired) electrons. The number of nitrogens with zero attached hydrogens (tertiary/aromatic N) is 3. The van der Waals surface area contributed by atoms with Crippen LogP contribution in [0.1, 0.15) is 12.0 Å².